The standard InChI is InChI=1S/C19H24F3N7O3S/c1-2-3-11-8-12-15(28-5-6-29(13(23)9-28)17(24)19(20,21)22)26-18(27-16(12)33-11)32-7-4-25-14(31)10-30/h8,23-24,30H,2-7,9-10H2,1H3,(H,25,31). The van der Waals surface area contributed by atoms with E-state index in [1.807, 2.05) is 13.0 Å². The molecule has 1 saturated heterocycles. The van der Waals surface area contributed by atoms with Crippen LogP contribution in [0.2, 0.25) is 0 Å². The van der Waals surface area contributed by atoms with E-state index < -0.39 is 24.5 Å². The fourth-order valence-electron chi connectivity index (χ4n) is 3.28. The number of amidine groups is 2. The predicted molar refractivity (Wildman–Crippen MR) is 117 cm³/mol. The Balaban J connectivity index is 1.83. The number of aromatic nitrogens is 2. The number of hydrogen-bond acceptors (Lipinski definition) is 9. The Bertz CT molecular complexity index is 1040. The molecule has 0 saturated carbocycles. The second-order valence-corrected chi connectivity index (χ2v) is 8.35. The van der Waals surface area contributed by atoms with Gasteiger partial charge in [0, 0.05) is 18.0 Å². The minimum atomic E-state index is -4.83. The SMILES string of the molecule is CCCc1cc2c(N3CCN(C(=N)C(F)(F)F)C(=N)C3)nc(OCCNC(=O)CO)nc2s1. The highest BCUT2D eigenvalue weighted by Gasteiger charge is 2.41. The average molecular weight is 488 g/mol. The van der Waals surface area contributed by atoms with Crippen LogP contribution < -0.4 is 15.0 Å². The van der Waals surface area contributed by atoms with Gasteiger partial charge in [0.15, 0.2) is 0 Å². The van der Waals surface area contributed by atoms with Gasteiger partial charge in [-0.1, -0.05) is 13.3 Å². The molecule has 1 aliphatic rings. The van der Waals surface area contributed by atoms with Crippen molar-refractivity contribution in [2.45, 2.75) is 25.9 Å². The molecule has 33 heavy (non-hydrogen) atoms. The van der Waals surface area contributed by atoms with E-state index in [4.69, 9.17) is 20.7 Å². The number of piperazine rings is 1. The molecule has 180 valence electrons. The summed E-state index contributed by atoms with van der Waals surface area (Å²) in [6, 6.07) is 1.98. The van der Waals surface area contributed by atoms with Crippen molar-refractivity contribution in [1.82, 2.24) is 20.2 Å². The van der Waals surface area contributed by atoms with E-state index in [2.05, 4.69) is 15.3 Å². The van der Waals surface area contributed by atoms with Crippen LogP contribution in [0.25, 0.3) is 10.2 Å². The molecule has 0 spiro atoms. The summed E-state index contributed by atoms with van der Waals surface area (Å²) < 4.78 is 44.3. The molecule has 0 atom stereocenters. The number of fused-ring (bicyclic) bond motifs is 1. The summed E-state index contributed by atoms with van der Waals surface area (Å²) in [5.41, 5.74) is 0. The van der Waals surface area contributed by atoms with Crippen molar-refractivity contribution >= 4 is 44.9 Å². The molecule has 0 unspecified atom stereocenters. The zero-order chi connectivity index (χ0) is 24.2. The fourth-order valence-corrected chi connectivity index (χ4v) is 4.40. The van der Waals surface area contributed by atoms with Gasteiger partial charge in [-0.15, -0.1) is 11.3 Å². The van der Waals surface area contributed by atoms with Crippen molar-refractivity contribution in [2.75, 3.05) is 44.3 Å². The Labute approximate surface area is 191 Å². The van der Waals surface area contributed by atoms with Gasteiger partial charge in [-0.3, -0.25) is 15.6 Å². The Morgan fingerprint density at radius 3 is 2.76 bits per heavy atom. The Kier molecular flexibility index (Phi) is 7.68. The number of halogens is 3. The van der Waals surface area contributed by atoms with E-state index in [1.165, 1.54) is 11.3 Å². The number of carbonyl (C=O) groups excluding carboxylic acids is 1. The number of aliphatic hydroxyl groups excluding tert-OH is 1. The number of thiophene rings is 1. The lowest BCUT2D eigenvalue weighted by Gasteiger charge is -2.37. The number of amides is 1. The summed E-state index contributed by atoms with van der Waals surface area (Å²) in [7, 11) is 0. The molecule has 3 rings (SSSR count). The molecular weight excluding hydrogens is 463 g/mol. The van der Waals surface area contributed by atoms with Crippen LogP contribution >= 0.6 is 11.3 Å². The molecule has 2 aromatic rings. The normalized spacial score (nSPS) is 14.6. The van der Waals surface area contributed by atoms with Crippen molar-refractivity contribution in [1.29, 1.82) is 10.8 Å². The maximum absolute atomic E-state index is 12.9. The van der Waals surface area contributed by atoms with E-state index in [9.17, 15) is 18.0 Å². The zero-order valence-electron chi connectivity index (χ0n) is 17.8. The maximum atomic E-state index is 12.9. The third-order valence-corrected chi connectivity index (χ3v) is 5.89. The molecule has 3 heterocycles. The van der Waals surface area contributed by atoms with E-state index in [0.29, 0.717) is 15.5 Å². The highest BCUT2D eigenvalue weighted by atomic mass is 32.1. The molecule has 1 amide bonds. The van der Waals surface area contributed by atoms with Gasteiger partial charge in [-0.05, 0) is 12.5 Å². The van der Waals surface area contributed by atoms with Crippen LogP contribution in [-0.2, 0) is 11.2 Å². The molecule has 4 N–H and O–H groups in total. The number of hydrogen-bond donors (Lipinski definition) is 4. The van der Waals surface area contributed by atoms with Gasteiger partial charge < -0.3 is 25.0 Å². The molecule has 0 radical (unpaired) electrons. The summed E-state index contributed by atoms with van der Waals surface area (Å²) in [5, 5.41) is 27.3. The summed E-state index contributed by atoms with van der Waals surface area (Å²) in [5.74, 6) is -2.02. The van der Waals surface area contributed by atoms with Crippen LogP contribution in [0.5, 0.6) is 6.01 Å². The first-order valence-electron chi connectivity index (χ1n) is 10.2. The fraction of sp³-hybridized carbons (Fsp3) is 0.526. The van der Waals surface area contributed by atoms with E-state index >= 15 is 0 Å². The number of nitrogens with zero attached hydrogens (tertiary/aromatic N) is 4. The number of alkyl halides is 3. The molecular formula is C19H24F3N7O3S. The zero-order valence-corrected chi connectivity index (χ0v) is 18.6. The quantitative estimate of drug-likeness (QED) is 0.253. The van der Waals surface area contributed by atoms with Crippen molar-refractivity contribution in [2.24, 2.45) is 0 Å². The van der Waals surface area contributed by atoms with Gasteiger partial charge >= 0.3 is 12.2 Å². The average Bonchev–Trinajstić information content (AvgIpc) is 3.17. The molecule has 14 heteroatoms. The maximum Gasteiger partial charge on any atom is 0.449 e. The Morgan fingerprint density at radius 2 is 2.12 bits per heavy atom. The van der Waals surface area contributed by atoms with Crippen LogP contribution in [0.1, 0.15) is 18.2 Å². The number of aryl methyl sites for hydroxylation is 1. The number of carbonyl (C=O) groups is 1. The van der Waals surface area contributed by atoms with Crippen LogP contribution in [0, 0.1) is 10.8 Å². The van der Waals surface area contributed by atoms with Gasteiger partial charge in [0.05, 0.1) is 18.5 Å². The lowest BCUT2D eigenvalue weighted by Crippen LogP contribution is -2.55. The van der Waals surface area contributed by atoms with Crippen LogP contribution in [0.4, 0.5) is 19.0 Å². The summed E-state index contributed by atoms with van der Waals surface area (Å²) >= 11 is 1.46. The first-order valence-corrected chi connectivity index (χ1v) is 11.0. The molecule has 2 aromatic heterocycles. The van der Waals surface area contributed by atoms with Gasteiger partial charge in [0.2, 0.25) is 11.7 Å². The predicted octanol–water partition coefficient (Wildman–Crippen LogP) is 1.77. The van der Waals surface area contributed by atoms with Gasteiger partial charge in [-0.2, -0.15) is 23.1 Å². The lowest BCUT2D eigenvalue weighted by molar-refractivity contribution is -0.123. The molecule has 1 aliphatic heterocycles. The third-order valence-electron chi connectivity index (χ3n) is 4.80. The van der Waals surface area contributed by atoms with Crippen LogP contribution in [0.15, 0.2) is 6.07 Å². The minimum Gasteiger partial charge on any atom is -0.462 e. The summed E-state index contributed by atoms with van der Waals surface area (Å²) in [6.45, 7) is 1.38. The monoisotopic (exact) mass is 487 g/mol. The Morgan fingerprint density at radius 1 is 1.36 bits per heavy atom. The highest BCUT2D eigenvalue weighted by molar-refractivity contribution is 7.18. The highest BCUT2D eigenvalue weighted by Crippen LogP contribution is 2.34. The largest absolute Gasteiger partial charge is 0.462 e. The first kappa shape index (κ1) is 24.6. The van der Waals surface area contributed by atoms with E-state index in [-0.39, 0.29) is 44.6 Å². The summed E-state index contributed by atoms with van der Waals surface area (Å²) in [4.78, 5) is 24.0. The lowest BCUT2D eigenvalue weighted by atomic mass is 10.2. The second kappa shape index (κ2) is 10.3. The number of aliphatic hydroxyl groups is 1. The second-order valence-electron chi connectivity index (χ2n) is 7.23. The van der Waals surface area contributed by atoms with Crippen LogP contribution in [0.3, 0.4) is 0 Å². The van der Waals surface area contributed by atoms with Gasteiger partial charge in [0.1, 0.15) is 29.7 Å². The number of anilines is 1. The molecule has 1 fully saturated rings. The van der Waals surface area contributed by atoms with Crippen molar-refractivity contribution in [3.05, 3.63) is 10.9 Å². The van der Waals surface area contributed by atoms with Crippen molar-refractivity contribution < 1.29 is 27.8 Å². The summed E-state index contributed by atoms with van der Waals surface area (Å²) in [6.07, 6.45) is -3.08. The smallest absolute Gasteiger partial charge is 0.449 e. The first-order chi connectivity index (χ1) is 15.6. The Hall–Kier alpha value is -3.00. The van der Waals surface area contributed by atoms with E-state index in [1.54, 1.807) is 4.90 Å². The van der Waals surface area contributed by atoms with E-state index in [0.717, 1.165) is 23.1 Å². The molecule has 0 aliphatic carbocycles. The topological polar surface area (TPSA) is 139 Å². The third kappa shape index (κ3) is 5.87. The minimum absolute atomic E-state index is 0.0395. The molecule has 0 aromatic carbocycles. The molecule has 10 nitrogen and oxygen atoms in total. The van der Waals surface area contributed by atoms with Gasteiger partial charge in [-0.25, -0.2) is 0 Å². The van der Waals surface area contributed by atoms with Crippen molar-refractivity contribution in [3.63, 3.8) is 0 Å². The number of rotatable bonds is 8. The van der Waals surface area contributed by atoms with Crippen LogP contribution in [-0.4, -0.2) is 83.1 Å². The number of ether oxygens (including phenoxy) is 1. The molecule has 0 bridgehead atoms. The van der Waals surface area contributed by atoms with Gasteiger partial charge in [0.25, 0.3) is 0 Å². The van der Waals surface area contributed by atoms with Crippen molar-refractivity contribution in [3.8, 4) is 6.01 Å². The number of nitrogens with one attached hydrogen (secondary N) is 3.